The third kappa shape index (κ3) is 6.93. The van der Waals surface area contributed by atoms with Gasteiger partial charge in [0.1, 0.15) is 0 Å². The molecule has 0 aromatic heterocycles. The number of nitrogens with two attached hydrogens (primary N) is 1. The van der Waals surface area contributed by atoms with Crippen LogP contribution < -0.4 is 10.6 Å². The zero-order chi connectivity index (χ0) is 15.4. The lowest BCUT2D eigenvalue weighted by Gasteiger charge is -2.28. The van der Waals surface area contributed by atoms with Gasteiger partial charge in [-0.15, -0.1) is 0 Å². The van der Waals surface area contributed by atoms with Crippen LogP contribution in [0.5, 0.6) is 0 Å². The summed E-state index contributed by atoms with van der Waals surface area (Å²) in [6.45, 7) is -0.0451. The number of hydrogen-bond donors (Lipinski definition) is 5. The molecule has 0 heterocycles. The van der Waals surface area contributed by atoms with E-state index < -0.39 is 26.7 Å². The Morgan fingerprint density at radius 3 is 1.90 bits per heavy atom. The first-order valence-corrected chi connectivity index (χ1v) is 8.89. The van der Waals surface area contributed by atoms with E-state index in [2.05, 4.69) is 0 Å². The molecule has 6 N–H and O–H groups in total. The van der Waals surface area contributed by atoms with E-state index in [1.807, 2.05) is 0 Å². The van der Waals surface area contributed by atoms with Crippen LogP contribution in [0.3, 0.4) is 0 Å². The van der Waals surface area contributed by atoms with Crippen molar-refractivity contribution in [2.24, 2.45) is 0 Å². The van der Waals surface area contributed by atoms with Gasteiger partial charge in [-0.2, -0.15) is 8.42 Å². The zero-order valence-corrected chi connectivity index (χ0v) is 12.2. The molecule has 0 aliphatic rings. The van der Waals surface area contributed by atoms with Crippen LogP contribution in [0.2, 0.25) is 0 Å². The van der Waals surface area contributed by atoms with Gasteiger partial charge in [0.25, 0.3) is 10.1 Å². The molecule has 1 rings (SSSR count). The molecule has 1 aromatic carbocycles. The van der Waals surface area contributed by atoms with Crippen molar-refractivity contribution in [1.29, 1.82) is 0 Å². The van der Waals surface area contributed by atoms with E-state index in [0.29, 0.717) is 11.4 Å². The molecule has 0 amide bonds. The number of rotatable bonds is 7. The summed E-state index contributed by atoms with van der Waals surface area (Å²) in [5.74, 6) is -0.842. The van der Waals surface area contributed by atoms with Crippen molar-refractivity contribution in [2.45, 2.75) is 0 Å². The van der Waals surface area contributed by atoms with Gasteiger partial charge in [0.2, 0.25) is 0 Å². The lowest BCUT2D eigenvalue weighted by Crippen LogP contribution is -2.32. The molecular weight excluding hydrogens is 308 g/mol. The number of nitrogens with zero attached hydrogens (tertiary/aromatic N) is 1. The highest BCUT2D eigenvalue weighted by atomic mass is 32.3. The molecule has 20 heavy (non-hydrogen) atoms. The number of nitrogen functional groups attached to an aromatic ring is 1. The van der Waals surface area contributed by atoms with Gasteiger partial charge in [-0.1, -0.05) is 0 Å². The third-order valence-corrected chi connectivity index (χ3v) is 3.94. The molecule has 0 atom stereocenters. The molecule has 0 unspecified atom stereocenters. The van der Waals surface area contributed by atoms with Crippen LogP contribution in [0.1, 0.15) is 0 Å². The summed E-state index contributed by atoms with van der Waals surface area (Å²) in [6, 6.07) is 6.46. The molecule has 8 nitrogen and oxygen atoms in total. The van der Waals surface area contributed by atoms with Gasteiger partial charge < -0.3 is 24.3 Å². The van der Waals surface area contributed by atoms with Crippen molar-refractivity contribution in [2.75, 3.05) is 35.2 Å². The monoisotopic (exact) mass is 326 g/mol. The first kappa shape index (κ1) is 17.0. The molecule has 116 valence electrons. The lowest BCUT2D eigenvalue weighted by molar-refractivity contribution is 0.376. The van der Waals surface area contributed by atoms with Crippen LogP contribution in [0.4, 0.5) is 11.4 Å². The average Bonchev–Trinajstić information content (AvgIpc) is 2.28. The highest BCUT2D eigenvalue weighted by Gasteiger charge is 2.17. The van der Waals surface area contributed by atoms with Crippen LogP contribution in [0, 0.1) is 0 Å². The predicted octanol–water partition coefficient (Wildman–Crippen LogP) is 1.19. The number of hydrogen-bond acceptors (Lipinski definition) is 7. The van der Waals surface area contributed by atoms with Gasteiger partial charge in [0.15, 0.2) is 0 Å². The van der Waals surface area contributed by atoms with E-state index in [-0.39, 0.29) is 18.8 Å². The van der Waals surface area contributed by atoms with Crippen LogP contribution in [0.25, 0.3) is 0 Å². The maximum absolute atomic E-state index is 10.8. The van der Waals surface area contributed by atoms with Crippen LogP contribution in [0.15, 0.2) is 24.3 Å². The second-order valence-corrected chi connectivity index (χ2v) is 7.45. The van der Waals surface area contributed by atoms with Crippen molar-refractivity contribution in [1.82, 2.24) is 0 Å². The van der Waals surface area contributed by atoms with Crippen molar-refractivity contribution in [3.8, 4) is 0 Å². The third-order valence-electron chi connectivity index (χ3n) is 2.51. The minimum atomic E-state index is -4.14. The van der Waals surface area contributed by atoms with Gasteiger partial charge >= 0.3 is 0 Å². The maximum Gasteiger partial charge on any atom is 0.266 e. The predicted molar refractivity (Wildman–Crippen MR) is 79.8 cm³/mol. The summed E-state index contributed by atoms with van der Waals surface area (Å²) in [7, 11) is -7.80. The van der Waals surface area contributed by atoms with E-state index >= 15 is 0 Å². The van der Waals surface area contributed by atoms with E-state index in [1.54, 1.807) is 24.3 Å². The highest BCUT2D eigenvalue weighted by Crippen LogP contribution is 2.32. The molecule has 0 spiro atoms. The second kappa shape index (κ2) is 6.61. The summed E-state index contributed by atoms with van der Waals surface area (Å²) in [5, 5.41) is 0. The Labute approximate surface area is 119 Å². The fourth-order valence-corrected chi connectivity index (χ4v) is 2.43. The number of anilines is 2. The van der Waals surface area contributed by atoms with Gasteiger partial charge in [-0.05, 0) is 24.3 Å². The Bertz CT molecular complexity index is 526. The smallest absolute Gasteiger partial charge is 0.266 e. The summed E-state index contributed by atoms with van der Waals surface area (Å²) >= 11 is 0. The van der Waals surface area contributed by atoms with E-state index in [9.17, 15) is 8.42 Å². The molecular formula is C10H18N2O6S2. The van der Waals surface area contributed by atoms with Crippen molar-refractivity contribution in [3.63, 3.8) is 0 Å². The maximum atomic E-state index is 10.8. The average molecular weight is 326 g/mol. The molecule has 0 saturated carbocycles. The highest BCUT2D eigenvalue weighted by molar-refractivity contribution is 8.19. The Hall–Kier alpha value is -1.04. The standard InChI is InChI=1S/C10H18N2O6S2/c11-9-1-3-10(4-2-9)12(5-7-19(13,14)15)6-8-20(16,17)18/h1-4,13-15H,5-8,11H2,(H,16,17,18). The molecule has 0 saturated heterocycles. The van der Waals surface area contributed by atoms with Crippen molar-refractivity contribution >= 4 is 32.4 Å². The lowest BCUT2D eigenvalue weighted by atomic mass is 10.2. The number of benzene rings is 1. The molecule has 0 aliphatic carbocycles. The largest absolute Gasteiger partial charge is 0.399 e. The van der Waals surface area contributed by atoms with E-state index in [1.165, 1.54) is 4.90 Å². The van der Waals surface area contributed by atoms with Crippen LogP contribution in [-0.4, -0.2) is 51.2 Å². The fourth-order valence-electron chi connectivity index (χ4n) is 1.51. The SMILES string of the molecule is Nc1ccc(N(CCS(O)(O)O)CCS(=O)(=O)O)cc1. The minimum absolute atomic E-state index is 0.0122. The molecule has 1 aromatic rings. The summed E-state index contributed by atoms with van der Waals surface area (Å²) in [4.78, 5) is 1.50. The Kier molecular flexibility index (Phi) is 5.62. The molecule has 0 bridgehead atoms. The summed E-state index contributed by atoms with van der Waals surface area (Å²) in [6.07, 6.45) is 0. The summed E-state index contributed by atoms with van der Waals surface area (Å²) < 4.78 is 57.2. The van der Waals surface area contributed by atoms with Gasteiger partial charge in [-0.3, -0.25) is 4.55 Å². The van der Waals surface area contributed by atoms with E-state index in [4.69, 9.17) is 23.9 Å². The first-order chi connectivity index (χ1) is 9.07. The Morgan fingerprint density at radius 1 is 0.950 bits per heavy atom. The van der Waals surface area contributed by atoms with Crippen molar-refractivity contribution in [3.05, 3.63) is 24.3 Å². The van der Waals surface area contributed by atoms with Gasteiger partial charge in [0, 0.05) is 24.5 Å². The fraction of sp³-hybridized carbons (Fsp3) is 0.400. The first-order valence-electron chi connectivity index (χ1n) is 5.61. The quantitative estimate of drug-likeness (QED) is 0.371. The molecule has 0 radical (unpaired) electrons. The Morgan fingerprint density at radius 2 is 1.45 bits per heavy atom. The van der Waals surface area contributed by atoms with Crippen molar-refractivity contribution < 1.29 is 26.6 Å². The van der Waals surface area contributed by atoms with Crippen LogP contribution in [-0.2, 0) is 10.1 Å². The minimum Gasteiger partial charge on any atom is -0.399 e. The normalized spacial score (nSPS) is 13.2. The second-order valence-electron chi connectivity index (χ2n) is 4.20. The molecule has 10 heteroatoms. The van der Waals surface area contributed by atoms with Gasteiger partial charge in [0.05, 0.1) is 22.4 Å². The van der Waals surface area contributed by atoms with Gasteiger partial charge in [-0.25, -0.2) is 0 Å². The van der Waals surface area contributed by atoms with Crippen LogP contribution >= 0.6 is 10.9 Å². The molecule has 0 aliphatic heterocycles. The topological polar surface area (TPSA) is 144 Å². The molecule has 0 fully saturated rings. The Balaban J connectivity index is 2.80. The van der Waals surface area contributed by atoms with E-state index in [0.717, 1.165) is 0 Å². The zero-order valence-electron chi connectivity index (χ0n) is 10.6. The summed E-state index contributed by atoms with van der Waals surface area (Å²) in [5.41, 5.74) is 6.66.